The smallest absolute Gasteiger partial charge is 0.432 e. The molecule has 192 valence electrons. The molecular formula is C25H29F3O7. The average Bonchev–Trinajstić information content (AvgIpc) is 3.16. The number of ether oxygens (including phenoxy) is 4. The maximum Gasteiger partial charge on any atom is 0.432 e. The summed E-state index contributed by atoms with van der Waals surface area (Å²) in [6.45, 7) is 8.78. The monoisotopic (exact) mass is 498 g/mol. The Morgan fingerprint density at radius 2 is 1.83 bits per heavy atom. The van der Waals surface area contributed by atoms with E-state index in [1.54, 1.807) is 13.8 Å². The zero-order valence-electron chi connectivity index (χ0n) is 20.0. The van der Waals surface area contributed by atoms with Gasteiger partial charge in [-0.1, -0.05) is 36.9 Å². The van der Waals surface area contributed by atoms with Gasteiger partial charge in [0, 0.05) is 25.0 Å². The summed E-state index contributed by atoms with van der Waals surface area (Å²) in [5.74, 6) is -4.51. The number of halogens is 3. The molecule has 3 fully saturated rings. The van der Waals surface area contributed by atoms with Gasteiger partial charge in [-0.05, 0) is 39.2 Å². The Morgan fingerprint density at radius 3 is 2.34 bits per heavy atom. The van der Waals surface area contributed by atoms with Crippen molar-refractivity contribution in [2.75, 3.05) is 7.11 Å². The van der Waals surface area contributed by atoms with Crippen LogP contribution in [0.1, 0.15) is 45.6 Å². The molecule has 1 aromatic carbocycles. The van der Waals surface area contributed by atoms with Gasteiger partial charge in [0.2, 0.25) is 0 Å². The van der Waals surface area contributed by atoms with Gasteiger partial charge in [0.05, 0.1) is 5.60 Å². The van der Waals surface area contributed by atoms with E-state index >= 15 is 0 Å². The molecule has 1 saturated carbocycles. The molecule has 0 aromatic heterocycles. The number of carbonyl (C=O) groups excluding carboxylic acids is 2. The van der Waals surface area contributed by atoms with Crippen molar-refractivity contribution in [2.45, 2.75) is 81.0 Å². The Bertz CT molecular complexity index is 1040. The van der Waals surface area contributed by atoms with E-state index < -0.39 is 58.4 Å². The third-order valence-electron chi connectivity index (χ3n) is 7.22. The van der Waals surface area contributed by atoms with E-state index in [4.69, 9.17) is 18.9 Å². The van der Waals surface area contributed by atoms with Crippen LogP contribution < -0.4 is 0 Å². The first-order valence-corrected chi connectivity index (χ1v) is 11.3. The lowest BCUT2D eigenvalue weighted by Crippen LogP contribution is -2.59. The summed E-state index contributed by atoms with van der Waals surface area (Å²) in [6.07, 6.45) is -7.45. The molecule has 2 saturated heterocycles. The number of carbonyl (C=O) groups is 2. The van der Waals surface area contributed by atoms with Crippen LogP contribution in [0.5, 0.6) is 0 Å². The summed E-state index contributed by atoms with van der Waals surface area (Å²) >= 11 is 0. The van der Waals surface area contributed by atoms with Gasteiger partial charge in [0.15, 0.2) is 11.9 Å². The van der Waals surface area contributed by atoms with E-state index in [2.05, 4.69) is 6.58 Å². The summed E-state index contributed by atoms with van der Waals surface area (Å²) in [4.78, 5) is 26.2. The third-order valence-corrected chi connectivity index (χ3v) is 7.22. The van der Waals surface area contributed by atoms with E-state index in [0.29, 0.717) is 12.0 Å². The van der Waals surface area contributed by atoms with Gasteiger partial charge in [-0.3, -0.25) is 4.79 Å². The number of hydrogen-bond donors (Lipinski definition) is 1. The first kappa shape index (κ1) is 25.8. The van der Waals surface area contributed by atoms with Crippen molar-refractivity contribution in [2.24, 2.45) is 5.92 Å². The fourth-order valence-electron chi connectivity index (χ4n) is 5.45. The Hall–Kier alpha value is -2.27. The van der Waals surface area contributed by atoms with Crippen LogP contribution in [0.2, 0.25) is 0 Å². The quantitative estimate of drug-likeness (QED) is 0.501. The second-order valence-electron chi connectivity index (χ2n) is 10.3. The highest BCUT2D eigenvalue weighted by atomic mass is 19.4. The van der Waals surface area contributed by atoms with E-state index in [1.807, 2.05) is 0 Å². The van der Waals surface area contributed by atoms with E-state index in [-0.39, 0.29) is 18.6 Å². The molecule has 2 heterocycles. The number of esters is 1. The minimum atomic E-state index is -5.18. The first-order chi connectivity index (χ1) is 16.1. The molecule has 6 atom stereocenters. The normalized spacial score (nSPS) is 36.2. The molecule has 1 aliphatic carbocycles. The van der Waals surface area contributed by atoms with Crippen LogP contribution in [0, 0.1) is 5.92 Å². The molecule has 7 nitrogen and oxygen atoms in total. The van der Waals surface area contributed by atoms with Gasteiger partial charge < -0.3 is 24.1 Å². The van der Waals surface area contributed by atoms with Gasteiger partial charge in [-0.2, -0.15) is 13.2 Å². The molecule has 0 radical (unpaired) electrons. The van der Waals surface area contributed by atoms with Crippen LogP contribution in [-0.2, 0) is 34.1 Å². The highest BCUT2D eigenvalue weighted by Gasteiger charge is 2.69. The van der Waals surface area contributed by atoms with E-state index in [0.717, 1.165) is 19.2 Å². The van der Waals surface area contributed by atoms with Crippen LogP contribution in [0.3, 0.4) is 0 Å². The van der Waals surface area contributed by atoms with Crippen molar-refractivity contribution in [1.29, 1.82) is 0 Å². The van der Waals surface area contributed by atoms with E-state index in [9.17, 15) is 27.9 Å². The molecule has 10 heteroatoms. The number of methoxy groups -OCH3 is 1. The molecule has 1 N–H and O–H groups in total. The predicted molar refractivity (Wildman–Crippen MR) is 116 cm³/mol. The minimum absolute atomic E-state index is 0.0428. The summed E-state index contributed by atoms with van der Waals surface area (Å²) in [7, 11) is 0.763. The molecule has 0 unspecified atom stereocenters. The van der Waals surface area contributed by atoms with Gasteiger partial charge >= 0.3 is 12.1 Å². The number of rotatable bonds is 4. The lowest BCUT2D eigenvalue weighted by atomic mass is 9.73. The van der Waals surface area contributed by atoms with Crippen molar-refractivity contribution < 1.29 is 46.8 Å². The van der Waals surface area contributed by atoms with Crippen LogP contribution in [0.25, 0.3) is 0 Å². The maximum atomic E-state index is 14.4. The van der Waals surface area contributed by atoms with E-state index in [1.165, 1.54) is 25.1 Å². The molecule has 2 aliphatic heterocycles. The molecule has 3 aliphatic rings. The van der Waals surface area contributed by atoms with Crippen molar-refractivity contribution in [1.82, 2.24) is 0 Å². The van der Waals surface area contributed by atoms with Gasteiger partial charge in [-0.15, -0.1) is 0 Å². The standard InChI is InChI=1S/C25H29F3O7/c1-14-16-11-12-22(4,31)19(18(16)34-24(14)17(29)13-21(2,3)35-24)33-20(30)23(32-5,25(26,27)28)15-9-7-6-8-10-15/h6-10,16,18-19,31H,1,11-13H2,2-5H3/t16-,18+,19-,22+,23+,24+/m1/s1. The Labute approximate surface area is 201 Å². The highest BCUT2D eigenvalue weighted by molar-refractivity contribution is 5.92. The number of Topliss-reactive ketones (excluding diaryl/α,β-unsaturated/α-hetero) is 1. The van der Waals surface area contributed by atoms with Crippen molar-refractivity contribution in [3.63, 3.8) is 0 Å². The molecule has 0 bridgehead atoms. The van der Waals surface area contributed by atoms with Gasteiger partial charge in [-0.25, -0.2) is 4.79 Å². The number of fused-ring (bicyclic) bond motifs is 1. The topological polar surface area (TPSA) is 91.3 Å². The van der Waals surface area contributed by atoms with Crippen molar-refractivity contribution in [3.05, 3.63) is 48.0 Å². The lowest BCUT2D eigenvalue weighted by molar-refractivity contribution is -0.290. The fourth-order valence-corrected chi connectivity index (χ4v) is 5.45. The number of alkyl halides is 3. The predicted octanol–water partition coefficient (Wildman–Crippen LogP) is 3.58. The maximum absolute atomic E-state index is 14.4. The number of hydrogen-bond acceptors (Lipinski definition) is 7. The Morgan fingerprint density at radius 1 is 1.20 bits per heavy atom. The van der Waals surface area contributed by atoms with Crippen molar-refractivity contribution in [3.8, 4) is 0 Å². The largest absolute Gasteiger partial charge is 0.454 e. The second-order valence-corrected chi connectivity index (χ2v) is 10.3. The summed E-state index contributed by atoms with van der Waals surface area (Å²) < 4.78 is 65.3. The molecule has 0 amide bonds. The summed E-state index contributed by atoms with van der Waals surface area (Å²) in [5.41, 5.74) is -6.20. The second kappa shape index (κ2) is 8.12. The molecule has 1 aromatic rings. The summed E-state index contributed by atoms with van der Waals surface area (Å²) in [5, 5.41) is 11.1. The van der Waals surface area contributed by atoms with Crippen LogP contribution in [-0.4, -0.2) is 59.3 Å². The zero-order chi connectivity index (χ0) is 26.0. The number of aliphatic hydroxyl groups is 1. The van der Waals surface area contributed by atoms with Crippen molar-refractivity contribution >= 4 is 11.8 Å². The molecule has 4 rings (SSSR count). The average molecular weight is 498 g/mol. The van der Waals surface area contributed by atoms with Gasteiger partial charge in [0.1, 0.15) is 11.7 Å². The Kier molecular flexibility index (Phi) is 5.99. The minimum Gasteiger partial charge on any atom is -0.454 e. The summed E-state index contributed by atoms with van der Waals surface area (Å²) in [6, 6.07) is 6.40. The zero-order valence-corrected chi connectivity index (χ0v) is 20.0. The first-order valence-electron chi connectivity index (χ1n) is 11.3. The molecule has 35 heavy (non-hydrogen) atoms. The molecular weight excluding hydrogens is 469 g/mol. The van der Waals surface area contributed by atoms with Crippen LogP contribution in [0.4, 0.5) is 13.2 Å². The number of ketones is 1. The van der Waals surface area contributed by atoms with Crippen LogP contribution >= 0.6 is 0 Å². The highest BCUT2D eigenvalue weighted by Crippen LogP contribution is 2.55. The fraction of sp³-hybridized carbons (Fsp3) is 0.600. The Balaban J connectivity index is 1.72. The number of benzene rings is 1. The third kappa shape index (κ3) is 3.82. The van der Waals surface area contributed by atoms with Gasteiger partial charge in [0.25, 0.3) is 11.4 Å². The molecule has 1 spiro atoms. The lowest BCUT2D eigenvalue weighted by Gasteiger charge is -2.44. The van der Waals surface area contributed by atoms with Crippen LogP contribution in [0.15, 0.2) is 42.5 Å². The SMILES string of the molecule is C=C1[C@H]2CC[C@](C)(O)[C@H](OC(=O)[C@@](OC)(c3ccccc3)C(F)(F)F)[C@H]2O[C@]12OC(C)(C)CC2=O.